The highest BCUT2D eigenvalue weighted by molar-refractivity contribution is 9.10. The molecule has 2 aromatic rings. The van der Waals surface area contributed by atoms with Gasteiger partial charge in [-0.2, -0.15) is 0 Å². The van der Waals surface area contributed by atoms with Crippen LogP contribution in [0.2, 0.25) is 5.02 Å². The molecule has 0 aliphatic rings. The maximum Gasteiger partial charge on any atom is 0.0772 e. The average Bonchev–Trinajstić information content (AvgIpc) is 2.75. The molecule has 96 valence electrons. The molecule has 0 fully saturated rings. The monoisotopic (exact) mass is 345 g/mol. The number of rotatable bonds is 4. The molecule has 18 heavy (non-hydrogen) atoms. The predicted octanol–water partition coefficient (Wildman–Crippen LogP) is 3.77. The zero-order valence-corrected chi connectivity index (χ0v) is 13.2. The first-order valence-corrected chi connectivity index (χ1v) is 7.46. The van der Waals surface area contributed by atoms with Crippen LogP contribution in [-0.2, 0) is 6.42 Å². The number of hydrogen-bond acceptors (Lipinski definition) is 4. The highest BCUT2D eigenvalue weighted by Gasteiger charge is 2.17. The third-order valence-electron chi connectivity index (χ3n) is 2.79. The molecule has 3 nitrogen and oxygen atoms in total. The van der Waals surface area contributed by atoms with Gasteiger partial charge in [-0.15, -0.1) is 5.10 Å². The number of benzene rings is 1. The Labute approximate surface area is 124 Å². The van der Waals surface area contributed by atoms with E-state index in [0.29, 0.717) is 0 Å². The second-order valence-electron chi connectivity index (χ2n) is 4.00. The van der Waals surface area contributed by atoms with Crippen molar-refractivity contribution in [3.8, 4) is 0 Å². The Morgan fingerprint density at radius 3 is 2.83 bits per heavy atom. The summed E-state index contributed by atoms with van der Waals surface area (Å²) in [4.78, 5) is 1.16. The highest BCUT2D eigenvalue weighted by Crippen LogP contribution is 2.28. The predicted molar refractivity (Wildman–Crippen MR) is 79.3 cm³/mol. The number of halogens is 2. The molecule has 6 heteroatoms. The largest absolute Gasteiger partial charge is 0.312 e. The molecule has 0 aliphatic carbocycles. The van der Waals surface area contributed by atoms with E-state index in [2.05, 4.69) is 30.8 Å². The Morgan fingerprint density at radius 1 is 1.50 bits per heavy atom. The Morgan fingerprint density at radius 2 is 2.28 bits per heavy atom. The van der Waals surface area contributed by atoms with Crippen LogP contribution in [0.4, 0.5) is 0 Å². The third kappa shape index (κ3) is 3.09. The van der Waals surface area contributed by atoms with Crippen molar-refractivity contribution in [2.45, 2.75) is 19.4 Å². The molecule has 0 bridgehead atoms. The van der Waals surface area contributed by atoms with E-state index >= 15 is 0 Å². The normalized spacial score (nSPS) is 12.7. The SMILES string of the molecule is CNC(Cc1ccc(Br)cc1Cl)c1snnc1C. The molecule has 0 saturated carbocycles. The average molecular weight is 347 g/mol. The first-order valence-electron chi connectivity index (χ1n) is 5.52. The van der Waals surface area contributed by atoms with Crippen molar-refractivity contribution >= 4 is 39.1 Å². The van der Waals surface area contributed by atoms with Gasteiger partial charge in [0.25, 0.3) is 0 Å². The van der Waals surface area contributed by atoms with Gasteiger partial charge in [-0.25, -0.2) is 0 Å². The molecule has 1 aromatic heterocycles. The molecule has 0 saturated heterocycles. The van der Waals surface area contributed by atoms with Gasteiger partial charge in [0, 0.05) is 15.5 Å². The molecular formula is C12H13BrClN3S. The Hall–Kier alpha value is -0.490. The van der Waals surface area contributed by atoms with Crippen LogP contribution >= 0.6 is 39.1 Å². The molecule has 1 unspecified atom stereocenters. The van der Waals surface area contributed by atoms with Crippen LogP contribution in [0.25, 0.3) is 0 Å². The van der Waals surface area contributed by atoms with Crippen LogP contribution in [0.5, 0.6) is 0 Å². The summed E-state index contributed by atoms with van der Waals surface area (Å²) in [5.41, 5.74) is 2.10. The summed E-state index contributed by atoms with van der Waals surface area (Å²) < 4.78 is 4.97. The molecule has 1 N–H and O–H groups in total. The Bertz CT molecular complexity index is 544. The number of aromatic nitrogens is 2. The van der Waals surface area contributed by atoms with Gasteiger partial charge in [0.05, 0.1) is 10.6 Å². The molecule has 0 amide bonds. The fraction of sp³-hybridized carbons (Fsp3) is 0.333. The lowest BCUT2D eigenvalue weighted by molar-refractivity contribution is 0.597. The van der Waals surface area contributed by atoms with Gasteiger partial charge in [-0.3, -0.25) is 0 Å². The van der Waals surface area contributed by atoms with E-state index in [4.69, 9.17) is 11.6 Å². The summed E-state index contributed by atoms with van der Waals surface area (Å²) in [5, 5.41) is 8.12. The van der Waals surface area contributed by atoms with E-state index in [1.54, 1.807) is 0 Å². The number of nitrogens with zero attached hydrogens (tertiary/aromatic N) is 2. The van der Waals surface area contributed by atoms with Crippen LogP contribution < -0.4 is 5.32 Å². The van der Waals surface area contributed by atoms with E-state index < -0.39 is 0 Å². The first kappa shape index (κ1) is 13.9. The topological polar surface area (TPSA) is 37.8 Å². The lowest BCUT2D eigenvalue weighted by Gasteiger charge is -2.15. The van der Waals surface area contributed by atoms with Crippen LogP contribution in [-0.4, -0.2) is 16.6 Å². The number of aryl methyl sites for hydroxylation is 1. The van der Waals surface area contributed by atoms with Gasteiger partial charge in [-0.05, 0) is 49.6 Å². The van der Waals surface area contributed by atoms with Crippen molar-refractivity contribution in [2.75, 3.05) is 7.05 Å². The third-order valence-corrected chi connectivity index (χ3v) is 4.58. The molecule has 0 aliphatic heterocycles. The van der Waals surface area contributed by atoms with Crippen LogP contribution in [0.3, 0.4) is 0 Å². The molecule has 1 heterocycles. The Balaban J connectivity index is 2.23. The van der Waals surface area contributed by atoms with E-state index in [-0.39, 0.29) is 6.04 Å². The van der Waals surface area contributed by atoms with E-state index in [1.165, 1.54) is 11.5 Å². The quantitative estimate of drug-likeness (QED) is 0.916. The smallest absolute Gasteiger partial charge is 0.0772 e. The van der Waals surface area contributed by atoms with E-state index in [1.807, 2.05) is 32.2 Å². The van der Waals surface area contributed by atoms with E-state index in [9.17, 15) is 0 Å². The fourth-order valence-corrected chi connectivity index (χ4v) is 3.29. The van der Waals surface area contributed by atoms with Crippen LogP contribution in [0.1, 0.15) is 22.2 Å². The minimum absolute atomic E-state index is 0.198. The van der Waals surface area contributed by atoms with Crippen LogP contribution in [0.15, 0.2) is 22.7 Å². The zero-order valence-electron chi connectivity index (χ0n) is 10.1. The number of hydrogen-bond donors (Lipinski definition) is 1. The summed E-state index contributed by atoms with van der Waals surface area (Å²) in [6, 6.07) is 6.16. The summed E-state index contributed by atoms with van der Waals surface area (Å²) in [5.74, 6) is 0. The molecule has 1 aromatic carbocycles. The highest BCUT2D eigenvalue weighted by atomic mass is 79.9. The van der Waals surface area contributed by atoms with Crippen molar-refractivity contribution in [3.63, 3.8) is 0 Å². The first-order chi connectivity index (χ1) is 8.61. The number of likely N-dealkylation sites (N-methyl/N-ethyl adjacent to an activating group) is 1. The lowest BCUT2D eigenvalue weighted by atomic mass is 10.0. The zero-order chi connectivity index (χ0) is 13.1. The molecule has 0 radical (unpaired) electrons. The van der Waals surface area contributed by atoms with Crippen molar-refractivity contribution in [1.82, 2.24) is 14.9 Å². The maximum atomic E-state index is 6.25. The second-order valence-corrected chi connectivity index (χ2v) is 6.11. The van der Waals surface area contributed by atoms with Gasteiger partial charge in [0.15, 0.2) is 0 Å². The van der Waals surface area contributed by atoms with Gasteiger partial charge in [0.2, 0.25) is 0 Å². The van der Waals surface area contributed by atoms with E-state index in [0.717, 1.165) is 32.1 Å². The second kappa shape index (κ2) is 6.10. The fourth-order valence-electron chi connectivity index (χ4n) is 1.79. The maximum absolute atomic E-state index is 6.25. The molecule has 2 rings (SSSR count). The Kier molecular flexibility index (Phi) is 4.72. The van der Waals surface area contributed by atoms with Crippen molar-refractivity contribution in [3.05, 3.63) is 43.8 Å². The number of nitrogens with one attached hydrogen (secondary N) is 1. The van der Waals surface area contributed by atoms with Gasteiger partial charge in [0.1, 0.15) is 0 Å². The van der Waals surface area contributed by atoms with Crippen molar-refractivity contribution in [1.29, 1.82) is 0 Å². The summed E-state index contributed by atoms with van der Waals surface area (Å²) >= 11 is 11.1. The minimum atomic E-state index is 0.198. The molecule has 1 atom stereocenters. The van der Waals surface area contributed by atoms with Gasteiger partial charge in [-0.1, -0.05) is 38.1 Å². The standard InChI is InChI=1S/C12H13BrClN3S/c1-7-12(18-17-16-7)11(15-2)5-8-3-4-9(13)6-10(8)14/h3-4,6,11,15H,5H2,1-2H3. The summed E-state index contributed by atoms with van der Waals surface area (Å²) in [7, 11) is 1.94. The van der Waals surface area contributed by atoms with Crippen molar-refractivity contribution in [2.24, 2.45) is 0 Å². The minimum Gasteiger partial charge on any atom is -0.312 e. The van der Waals surface area contributed by atoms with Crippen molar-refractivity contribution < 1.29 is 0 Å². The van der Waals surface area contributed by atoms with Gasteiger partial charge >= 0.3 is 0 Å². The summed E-state index contributed by atoms with van der Waals surface area (Å²) in [6.07, 6.45) is 0.827. The molecule has 0 spiro atoms. The van der Waals surface area contributed by atoms with Crippen LogP contribution in [0, 0.1) is 6.92 Å². The lowest BCUT2D eigenvalue weighted by Crippen LogP contribution is -2.18. The molecular weight excluding hydrogens is 334 g/mol. The van der Waals surface area contributed by atoms with Gasteiger partial charge < -0.3 is 5.32 Å². The summed E-state index contributed by atoms with van der Waals surface area (Å²) in [6.45, 7) is 1.98.